The Balaban J connectivity index is 2.15. The van der Waals surface area contributed by atoms with E-state index in [9.17, 15) is 4.79 Å². The monoisotopic (exact) mass is 304 g/mol. The Morgan fingerprint density at radius 3 is 2.85 bits per heavy atom. The molecule has 1 saturated heterocycles. The van der Waals surface area contributed by atoms with Gasteiger partial charge in [-0.1, -0.05) is 24.0 Å². The number of thioether (sulfide) groups is 1. The number of ether oxygens (including phenoxy) is 1. The number of benzene rings is 1. The average molecular weight is 304 g/mol. The fourth-order valence-electron chi connectivity index (χ4n) is 2.19. The summed E-state index contributed by atoms with van der Waals surface area (Å²) in [5.41, 5.74) is 3.01. The summed E-state index contributed by atoms with van der Waals surface area (Å²) >= 11 is 6.29. The Morgan fingerprint density at radius 2 is 2.20 bits per heavy atom. The van der Waals surface area contributed by atoms with Gasteiger partial charge in [-0.2, -0.15) is 0 Å². The van der Waals surface area contributed by atoms with Crippen LogP contribution in [-0.2, 0) is 4.79 Å². The maximum Gasteiger partial charge on any atom is 0.263 e. The third-order valence-corrected chi connectivity index (χ3v) is 4.32. The Kier molecular flexibility index (Phi) is 3.27. The summed E-state index contributed by atoms with van der Waals surface area (Å²) < 4.78 is 5.75. The summed E-state index contributed by atoms with van der Waals surface area (Å²) in [5, 5.41) is 3.65. The molecule has 2 heterocycles. The molecular weight excluding hydrogens is 292 g/mol. The Hall–Kier alpha value is -1.79. The molecule has 20 heavy (non-hydrogen) atoms. The van der Waals surface area contributed by atoms with Crippen molar-refractivity contribution < 1.29 is 9.53 Å². The first-order chi connectivity index (χ1) is 9.58. The topological polar surface area (TPSA) is 54.1 Å². The highest BCUT2D eigenvalue weighted by molar-refractivity contribution is 8.26. The van der Waals surface area contributed by atoms with E-state index in [1.165, 1.54) is 11.8 Å². The highest BCUT2D eigenvalue weighted by Crippen LogP contribution is 2.32. The van der Waals surface area contributed by atoms with Crippen LogP contribution < -0.4 is 10.1 Å². The van der Waals surface area contributed by atoms with Gasteiger partial charge in [0.1, 0.15) is 10.1 Å². The lowest BCUT2D eigenvalue weighted by atomic mass is 10.1. The molecule has 1 aliphatic rings. The number of aromatic amines is 1. The number of aromatic nitrogens is 1. The van der Waals surface area contributed by atoms with Crippen molar-refractivity contribution in [2.45, 2.75) is 6.92 Å². The molecule has 0 bridgehead atoms. The molecule has 0 atom stereocenters. The molecule has 0 spiro atoms. The van der Waals surface area contributed by atoms with E-state index in [4.69, 9.17) is 17.0 Å². The van der Waals surface area contributed by atoms with Crippen LogP contribution in [0.3, 0.4) is 0 Å². The predicted molar refractivity (Wildman–Crippen MR) is 85.9 cm³/mol. The highest BCUT2D eigenvalue weighted by Gasteiger charge is 2.23. The maximum atomic E-state index is 11.8. The standard InChI is InChI=1S/C14H12N2O2S2/c1-7-9(6-12-13(17)16-14(19)20-12)10-5-8(18-2)3-4-11(10)15-7/h3-6,15H,1-2H3,(H,16,17,19). The average Bonchev–Trinajstić information content (AvgIpc) is 2.90. The second-order valence-electron chi connectivity index (χ2n) is 4.43. The molecule has 0 radical (unpaired) electrons. The van der Waals surface area contributed by atoms with Gasteiger partial charge >= 0.3 is 0 Å². The van der Waals surface area contributed by atoms with Crippen molar-refractivity contribution in [2.24, 2.45) is 0 Å². The van der Waals surface area contributed by atoms with Gasteiger partial charge in [-0.25, -0.2) is 0 Å². The molecule has 0 unspecified atom stereocenters. The van der Waals surface area contributed by atoms with Crippen molar-refractivity contribution in [2.75, 3.05) is 7.11 Å². The Labute approximate surface area is 125 Å². The van der Waals surface area contributed by atoms with Gasteiger partial charge in [0.25, 0.3) is 5.91 Å². The van der Waals surface area contributed by atoms with Crippen molar-refractivity contribution in [3.63, 3.8) is 0 Å². The van der Waals surface area contributed by atoms with Gasteiger partial charge in [0.15, 0.2) is 0 Å². The van der Waals surface area contributed by atoms with Crippen molar-refractivity contribution in [1.82, 2.24) is 10.3 Å². The number of carbonyl (C=O) groups is 1. The highest BCUT2D eigenvalue weighted by atomic mass is 32.2. The van der Waals surface area contributed by atoms with Gasteiger partial charge in [0, 0.05) is 22.2 Å². The molecule has 1 aliphatic heterocycles. The number of hydrogen-bond acceptors (Lipinski definition) is 4. The summed E-state index contributed by atoms with van der Waals surface area (Å²) in [6, 6.07) is 5.83. The SMILES string of the molecule is COc1ccc2[nH]c(C)c(C=C3SC(=S)NC3=O)c2c1. The molecule has 6 heteroatoms. The van der Waals surface area contributed by atoms with E-state index < -0.39 is 0 Å². The number of H-pyrrole nitrogens is 1. The summed E-state index contributed by atoms with van der Waals surface area (Å²) in [7, 11) is 1.64. The summed E-state index contributed by atoms with van der Waals surface area (Å²) in [6.45, 7) is 1.98. The van der Waals surface area contributed by atoms with Crippen LogP contribution in [-0.4, -0.2) is 22.3 Å². The molecule has 3 rings (SSSR count). The van der Waals surface area contributed by atoms with Gasteiger partial charge < -0.3 is 15.0 Å². The number of fused-ring (bicyclic) bond motifs is 1. The third-order valence-electron chi connectivity index (χ3n) is 3.16. The molecule has 1 fully saturated rings. The van der Waals surface area contributed by atoms with E-state index in [-0.39, 0.29) is 5.91 Å². The molecule has 2 N–H and O–H groups in total. The number of methoxy groups -OCH3 is 1. The number of aryl methyl sites for hydroxylation is 1. The lowest BCUT2D eigenvalue weighted by molar-refractivity contribution is -0.115. The van der Waals surface area contributed by atoms with Crippen LogP contribution in [0.15, 0.2) is 23.1 Å². The molecule has 1 aromatic heterocycles. The van der Waals surface area contributed by atoms with Gasteiger partial charge in [-0.05, 0) is 31.2 Å². The molecule has 0 aliphatic carbocycles. The van der Waals surface area contributed by atoms with Crippen LogP contribution >= 0.6 is 24.0 Å². The van der Waals surface area contributed by atoms with E-state index in [1.807, 2.05) is 31.2 Å². The zero-order chi connectivity index (χ0) is 14.3. The van der Waals surface area contributed by atoms with Crippen molar-refractivity contribution >= 4 is 51.2 Å². The number of nitrogens with one attached hydrogen (secondary N) is 2. The number of carbonyl (C=O) groups excluding carboxylic acids is 1. The van der Waals surface area contributed by atoms with E-state index in [1.54, 1.807) is 7.11 Å². The molecule has 1 amide bonds. The fourth-order valence-corrected chi connectivity index (χ4v) is 3.22. The van der Waals surface area contributed by atoms with Crippen LogP contribution in [0.2, 0.25) is 0 Å². The molecule has 4 nitrogen and oxygen atoms in total. The van der Waals surface area contributed by atoms with Crippen LogP contribution in [0.4, 0.5) is 0 Å². The van der Waals surface area contributed by atoms with Gasteiger partial charge in [0.2, 0.25) is 0 Å². The Bertz CT molecular complexity index is 762. The second kappa shape index (κ2) is 4.96. The molecule has 1 aromatic carbocycles. The van der Waals surface area contributed by atoms with Gasteiger partial charge in [-0.15, -0.1) is 0 Å². The number of thiocarbonyl (C=S) groups is 1. The first-order valence-corrected chi connectivity index (χ1v) is 7.22. The number of amides is 1. The van der Waals surface area contributed by atoms with Gasteiger partial charge in [-0.3, -0.25) is 4.79 Å². The minimum Gasteiger partial charge on any atom is -0.497 e. The van der Waals surface area contributed by atoms with Crippen molar-refractivity contribution in [3.05, 3.63) is 34.4 Å². The minimum absolute atomic E-state index is 0.142. The molecule has 102 valence electrons. The van der Waals surface area contributed by atoms with Crippen LogP contribution in [0, 0.1) is 6.92 Å². The molecule has 0 saturated carbocycles. The van der Waals surface area contributed by atoms with Crippen LogP contribution in [0.1, 0.15) is 11.3 Å². The lowest BCUT2D eigenvalue weighted by Crippen LogP contribution is -2.17. The number of hydrogen-bond donors (Lipinski definition) is 2. The maximum absolute atomic E-state index is 11.8. The van der Waals surface area contributed by atoms with E-state index >= 15 is 0 Å². The summed E-state index contributed by atoms with van der Waals surface area (Å²) in [4.78, 5) is 15.7. The normalized spacial score (nSPS) is 17.0. The largest absolute Gasteiger partial charge is 0.497 e. The number of rotatable bonds is 2. The minimum atomic E-state index is -0.142. The van der Waals surface area contributed by atoms with Crippen molar-refractivity contribution in [1.29, 1.82) is 0 Å². The molecular formula is C14H12N2O2S2. The van der Waals surface area contributed by atoms with Crippen LogP contribution in [0.25, 0.3) is 17.0 Å². The zero-order valence-electron chi connectivity index (χ0n) is 10.9. The first kappa shape index (κ1) is 13.2. The van der Waals surface area contributed by atoms with E-state index in [0.717, 1.165) is 27.9 Å². The fraction of sp³-hybridized carbons (Fsp3) is 0.143. The second-order valence-corrected chi connectivity index (χ2v) is 6.15. The first-order valence-electron chi connectivity index (χ1n) is 5.99. The quantitative estimate of drug-likeness (QED) is 0.661. The zero-order valence-corrected chi connectivity index (χ0v) is 12.6. The van der Waals surface area contributed by atoms with Gasteiger partial charge in [0.05, 0.1) is 12.0 Å². The third kappa shape index (κ3) is 2.21. The summed E-state index contributed by atoms with van der Waals surface area (Å²) in [5.74, 6) is 0.645. The predicted octanol–water partition coefficient (Wildman–Crippen LogP) is 2.97. The Morgan fingerprint density at radius 1 is 1.40 bits per heavy atom. The van der Waals surface area contributed by atoms with Crippen LogP contribution in [0.5, 0.6) is 5.75 Å². The molecule has 2 aromatic rings. The summed E-state index contributed by atoms with van der Waals surface area (Å²) in [6.07, 6.45) is 1.87. The lowest BCUT2D eigenvalue weighted by Gasteiger charge is -2.00. The van der Waals surface area contributed by atoms with Crippen molar-refractivity contribution in [3.8, 4) is 5.75 Å². The van der Waals surface area contributed by atoms with E-state index in [2.05, 4.69) is 10.3 Å². The smallest absolute Gasteiger partial charge is 0.263 e. The van der Waals surface area contributed by atoms with E-state index in [0.29, 0.717) is 9.23 Å².